The zero-order valence-corrected chi connectivity index (χ0v) is 28.8. The Balaban J connectivity index is 2.38. The van der Waals surface area contributed by atoms with E-state index >= 15 is 0 Å². The molecule has 0 N–H and O–H groups in total. The fraction of sp³-hybridized carbons (Fsp3) is 0.613. The van der Waals surface area contributed by atoms with Crippen LogP contribution in [0.3, 0.4) is 0 Å². The molecule has 1 aliphatic heterocycles. The summed E-state index contributed by atoms with van der Waals surface area (Å²) in [4.78, 5) is 0. The summed E-state index contributed by atoms with van der Waals surface area (Å²) < 4.78 is 43.2. The number of allylic oxidation sites excluding steroid dienone is 2. The highest BCUT2D eigenvalue weighted by atomic mass is 127. The van der Waals surface area contributed by atoms with E-state index in [1.807, 2.05) is 30.3 Å². The molecular formula is C31H49IO7Si. The Morgan fingerprint density at radius 1 is 1.02 bits per heavy atom. The van der Waals surface area contributed by atoms with Gasteiger partial charge in [-0.3, -0.25) is 0 Å². The summed E-state index contributed by atoms with van der Waals surface area (Å²) in [5, 5.41) is 0.0981. The second kappa shape index (κ2) is 16.5. The van der Waals surface area contributed by atoms with E-state index in [0.717, 1.165) is 22.2 Å². The second-order valence-corrected chi connectivity index (χ2v) is 16.9. The smallest absolute Gasteiger partial charge is 0.192 e. The predicted molar refractivity (Wildman–Crippen MR) is 172 cm³/mol. The molecule has 1 aromatic carbocycles. The van der Waals surface area contributed by atoms with Gasteiger partial charge < -0.3 is 32.8 Å². The van der Waals surface area contributed by atoms with Gasteiger partial charge in [-0.15, -0.1) is 0 Å². The van der Waals surface area contributed by atoms with E-state index in [1.165, 1.54) is 5.57 Å². The number of methoxy groups -OCH3 is 4. The highest BCUT2D eigenvalue weighted by Gasteiger charge is 2.47. The van der Waals surface area contributed by atoms with E-state index in [1.54, 1.807) is 34.5 Å². The van der Waals surface area contributed by atoms with Crippen LogP contribution in [0.15, 0.2) is 60.7 Å². The lowest BCUT2D eigenvalue weighted by atomic mass is 9.95. The molecule has 1 aromatic rings. The van der Waals surface area contributed by atoms with Crippen molar-refractivity contribution < 1.29 is 32.8 Å². The molecule has 1 fully saturated rings. The van der Waals surface area contributed by atoms with Gasteiger partial charge in [-0.1, -0.05) is 92.0 Å². The molecule has 2 rings (SSSR count). The fourth-order valence-electron chi connectivity index (χ4n) is 4.34. The molecule has 1 aliphatic rings. The minimum absolute atomic E-state index is 0.0784. The Labute approximate surface area is 256 Å². The molecule has 0 radical (unpaired) electrons. The molecule has 1 saturated heterocycles. The van der Waals surface area contributed by atoms with Gasteiger partial charge in [0.05, 0.1) is 19.8 Å². The molecule has 0 spiro atoms. The van der Waals surface area contributed by atoms with Crippen LogP contribution in [0.5, 0.6) is 5.75 Å². The SMILES string of the molecule is C=C/C=C/[C@H](C/C(=C\[C@H]1O[C@@H](OC)[C@H](OC)[C@@H](OC)[C@@H]1OCc1ccc(OC)cc1)CI)O[Si](C)(C)C(C)(C)C. The fourth-order valence-corrected chi connectivity index (χ4v) is 6.18. The monoisotopic (exact) mass is 688 g/mol. The first-order chi connectivity index (χ1) is 18.9. The zero-order chi connectivity index (χ0) is 29.9. The molecule has 1 heterocycles. The van der Waals surface area contributed by atoms with Crippen LogP contribution >= 0.6 is 22.6 Å². The molecular weight excluding hydrogens is 639 g/mol. The summed E-state index contributed by atoms with van der Waals surface area (Å²) in [7, 11) is 4.57. The molecule has 0 saturated carbocycles. The van der Waals surface area contributed by atoms with Gasteiger partial charge in [0.25, 0.3) is 0 Å². The summed E-state index contributed by atoms with van der Waals surface area (Å²) in [5.74, 6) is 0.800. The summed E-state index contributed by atoms with van der Waals surface area (Å²) in [5.41, 5.74) is 2.22. The van der Waals surface area contributed by atoms with Gasteiger partial charge in [-0.05, 0) is 42.2 Å². The van der Waals surface area contributed by atoms with Crippen LogP contribution in [-0.2, 0) is 34.7 Å². The number of halogens is 1. The van der Waals surface area contributed by atoms with Crippen LogP contribution in [0.1, 0.15) is 32.8 Å². The topological polar surface area (TPSA) is 64.6 Å². The molecule has 40 heavy (non-hydrogen) atoms. The van der Waals surface area contributed by atoms with E-state index in [9.17, 15) is 0 Å². The van der Waals surface area contributed by atoms with Crippen molar-refractivity contribution in [3.05, 3.63) is 66.3 Å². The predicted octanol–water partition coefficient (Wildman–Crippen LogP) is 6.87. The van der Waals surface area contributed by atoms with Gasteiger partial charge in [0.2, 0.25) is 0 Å². The normalized spacial score (nSPS) is 25.2. The molecule has 0 unspecified atom stereocenters. The molecule has 0 aliphatic carbocycles. The molecule has 7 nitrogen and oxygen atoms in total. The van der Waals surface area contributed by atoms with Crippen molar-refractivity contribution in [2.24, 2.45) is 0 Å². The first kappa shape index (κ1) is 35.1. The third-order valence-electron chi connectivity index (χ3n) is 7.66. The quantitative estimate of drug-likeness (QED) is 0.0656. The number of alkyl halides is 1. The molecule has 0 amide bonds. The van der Waals surface area contributed by atoms with Crippen molar-refractivity contribution in [2.75, 3.05) is 32.9 Å². The maximum Gasteiger partial charge on any atom is 0.192 e. The maximum atomic E-state index is 6.80. The van der Waals surface area contributed by atoms with Crippen molar-refractivity contribution in [3.63, 3.8) is 0 Å². The van der Waals surface area contributed by atoms with Crippen LogP contribution in [0.2, 0.25) is 18.1 Å². The van der Waals surface area contributed by atoms with Gasteiger partial charge in [-0.25, -0.2) is 0 Å². The third-order valence-corrected chi connectivity index (χ3v) is 13.1. The Bertz CT molecular complexity index is 957. The van der Waals surface area contributed by atoms with E-state index < -0.39 is 39.0 Å². The van der Waals surface area contributed by atoms with Gasteiger partial charge in [0.15, 0.2) is 14.6 Å². The highest BCUT2D eigenvalue weighted by molar-refractivity contribution is 14.1. The zero-order valence-electron chi connectivity index (χ0n) is 25.6. The first-order valence-corrected chi connectivity index (χ1v) is 18.1. The van der Waals surface area contributed by atoms with Crippen LogP contribution in [0.25, 0.3) is 0 Å². The van der Waals surface area contributed by atoms with Crippen LogP contribution < -0.4 is 4.74 Å². The Morgan fingerprint density at radius 3 is 2.17 bits per heavy atom. The van der Waals surface area contributed by atoms with Gasteiger partial charge >= 0.3 is 0 Å². The molecule has 9 heteroatoms. The number of ether oxygens (including phenoxy) is 6. The molecule has 226 valence electrons. The minimum atomic E-state index is -2.00. The summed E-state index contributed by atoms with van der Waals surface area (Å²) in [6, 6.07) is 7.83. The van der Waals surface area contributed by atoms with Crippen molar-refractivity contribution >= 4 is 30.9 Å². The second-order valence-electron chi connectivity index (χ2n) is 11.4. The minimum Gasteiger partial charge on any atom is -0.497 e. The molecule has 6 atom stereocenters. The maximum absolute atomic E-state index is 6.80. The van der Waals surface area contributed by atoms with E-state index in [4.69, 9.17) is 32.8 Å². The third kappa shape index (κ3) is 9.76. The van der Waals surface area contributed by atoms with E-state index in [-0.39, 0.29) is 11.1 Å². The average Bonchev–Trinajstić information content (AvgIpc) is 2.93. The van der Waals surface area contributed by atoms with Crippen LogP contribution in [-0.4, -0.2) is 78.0 Å². The summed E-state index contributed by atoms with van der Waals surface area (Å²) in [6.45, 7) is 15.6. The molecule has 0 bridgehead atoms. The average molecular weight is 689 g/mol. The lowest BCUT2D eigenvalue weighted by molar-refractivity contribution is -0.297. The Morgan fingerprint density at radius 2 is 1.68 bits per heavy atom. The standard InChI is InChI=1S/C31H49IO7Si/c1-11-12-13-25(39-40(9,10)31(2,3)4)18-23(20-32)19-26-27(28(34-6)29(35-7)30(36-8)38-26)37-21-22-14-16-24(33-5)17-15-22/h11-17,19,25-30H,1,18,20-21H2,2-10H3/b13-12+,23-19+/t25-,26-,27-,28+,29-,30-/m1/s1. The van der Waals surface area contributed by atoms with Crippen molar-refractivity contribution in [2.45, 2.75) is 88.7 Å². The van der Waals surface area contributed by atoms with Gasteiger partial charge in [0, 0.05) is 25.8 Å². The lowest BCUT2D eigenvalue weighted by Crippen LogP contribution is -2.59. The van der Waals surface area contributed by atoms with Crippen molar-refractivity contribution in [3.8, 4) is 5.75 Å². The van der Waals surface area contributed by atoms with E-state index in [0.29, 0.717) is 6.61 Å². The lowest BCUT2D eigenvalue weighted by Gasteiger charge is -2.44. The van der Waals surface area contributed by atoms with Crippen LogP contribution in [0, 0.1) is 0 Å². The van der Waals surface area contributed by atoms with Gasteiger partial charge in [-0.2, -0.15) is 0 Å². The first-order valence-electron chi connectivity index (χ1n) is 13.7. The Kier molecular flexibility index (Phi) is 14.5. The van der Waals surface area contributed by atoms with Gasteiger partial charge in [0.1, 0.15) is 30.2 Å². The largest absolute Gasteiger partial charge is 0.497 e. The number of hydrogen-bond donors (Lipinski definition) is 0. The number of hydrogen-bond acceptors (Lipinski definition) is 7. The van der Waals surface area contributed by atoms with E-state index in [2.05, 4.69) is 75.2 Å². The summed E-state index contributed by atoms with van der Waals surface area (Å²) in [6.07, 6.45) is 6.36. The van der Waals surface area contributed by atoms with Crippen molar-refractivity contribution in [1.29, 1.82) is 0 Å². The van der Waals surface area contributed by atoms with Crippen molar-refractivity contribution in [1.82, 2.24) is 0 Å². The van der Waals surface area contributed by atoms with Crippen LogP contribution in [0.4, 0.5) is 0 Å². The number of benzene rings is 1. The number of rotatable bonds is 15. The molecule has 0 aromatic heterocycles. The Hall–Kier alpha value is -1.05. The summed E-state index contributed by atoms with van der Waals surface area (Å²) >= 11 is 2.40. The highest BCUT2D eigenvalue weighted by Crippen LogP contribution is 2.38.